The first-order chi connectivity index (χ1) is 11.2. The molecule has 2 aromatic heterocycles. The van der Waals surface area contributed by atoms with Crippen molar-refractivity contribution in [3.8, 4) is 0 Å². The molecule has 1 aromatic carbocycles. The molecule has 0 radical (unpaired) electrons. The molecule has 0 aliphatic rings. The Bertz CT molecular complexity index is 801. The van der Waals surface area contributed by atoms with Gasteiger partial charge in [-0.05, 0) is 36.2 Å². The van der Waals surface area contributed by atoms with Crippen LogP contribution < -0.4 is 5.32 Å². The number of hydrogen-bond acceptors (Lipinski definition) is 3. The number of imidazole rings is 1. The summed E-state index contributed by atoms with van der Waals surface area (Å²) in [6, 6.07) is 13.6. The lowest BCUT2D eigenvalue weighted by molar-refractivity contribution is -0.118. The molecule has 4 nitrogen and oxygen atoms in total. The maximum absolute atomic E-state index is 11.9. The average Bonchev–Trinajstić information content (AvgIpc) is 2.98. The van der Waals surface area contributed by atoms with Crippen molar-refractivity contribution in [3.05, 3.63) is 65.4 Å². The molecule has 0 aliphatic heterocycles. The third-order valence-electron chi connectivity index (χ3n) is 3.39. The summed E-state index contributed by atoms with van der Waals surface area (Å²) in [6.45, 7) is 0.614. The summed E-state index contributed by atoms with van der Waals surface area (Å²) in [5, 5.41) is 4.48. The number of hydrogen-bond donors (Lipinski definition) is 1. The molecule has 0 unspecified atom stereocenters. The molecule has 2 heterocycles. The van der Waals surface area contributed by atoms with Gasteiger partial charge in [0.25, 0.3) is 0 Å². The number of amides is 1. The summed E-state index contributed by atoms with van der Waals surface area (Å²) < 4.78 is 1.98. The highest BCUT2D eigenvalue weighted by Gasteiger charge is 2.07. The van der Waals surface area contributed by atoms with Crippen LogP contribution in [0.15, 0.2) is 60.0 Å². The molecule has 0 spiro atoms. The Morgan fingerprint density at radius 2 is 2.04 bits per heavy atom. The number of benzene rings is 1. The van der Waals surface area contributed by atoms with E-state index in [4.69, 9.17) is 11.6 Å². The van der Waals surface area contributed by atoms with Gasteiger partial charge < -0.3 is 5.32 Å². The molecule has 0 saturated carbocycles. The van der Waals surface area contributed by atoms with Gasteiger partial charge in [0.1, 0.15) is 0 Å². The number of fused-ring (bicyclic) bond motifs is 1. The van der Waals surface area contributed by atoms with Crippen molar-refractivity contribution in [2.75, 3.05) is 12.3 Å². The normalized spacial score (nSPS) is 10.8. The minimum Gasteiger partial charge on any atom is -0.355 e. The van der Waals surface area contributed by atoms with Crippen molar-refractivity contribution >= 4 is 34.8 Å². The number of carbonyl (C=O) groups is 1. The van der Waals surface area contributed by atoms with Gasteiger partial charge in [0.15, 0.2) is 5.16 Å². The second-order valence-corrected chi connectivity index (χ2v) is 6.43. The highest BCUT2D eigenvalue weighted by atomic mass is 35.5. The molecule has 0 bridgehead atoms. The maximum Gasteiger partial charge on any atom is 0.230 e. The molecule has 118 valence electrons. The van der Waals surface area contributed by atoms with Crippen LogP contribution in [0.4, 0.5) is 0 Å². The van der Waals surface area contributed by atoms with E-state index >= 15 is 0 Å². The van der Waals surface area contributed by atoms with Gasteiger partial charge in [-0.25, -0.2) is 4.98 Å². The summed E-state index contributed by atoms with van der Waals surface area (Å²) in [5.74, 6) is 0.367. The summed E-state index contributed by atoms with van der Waals surface area (Å²) in [5.41, 5.74) is 2.18. The lowest BCUT2D eigenvalue weighted by atomic mass is 10.1. The van der Waals surface area contributed by atoms with Crippen LogP contribution in [0.1, 0.15) is 5.56 Å². The SMILES string of the molecule is O=C(CSc1ncc2ccccn12)NCCc1ccc(Cl)cc1. The molecule has 6 heteroatoms. The number of nitrogens with one attached hydrogen (secondary N) is 1. The smallest absolute Gasteiger partial charge is 0.230 e. The summed E-state index contributed by atoms with van der Waals surface area (Å²) in [6.07, 6.45) is 4.55. The summed E-state index contributed by atoms with van der Waals surface area (Å²) >= 11 is 7.28. The average molecular weight is 346 g/mol. The fourth-order valence-corrected chi connectivity index (χ4v) is 3.13. The van der Waals surface area contributed by atoms with Crippen LogP contribution in [0.3, 0.4) is 0 Å². The van der Waals surface area contributed by atoms with E-state index in [-0.39, 0.29) is 5.91 Å². The first-order valence-corrected chi connectivity index (χ1v) is 8.65. The molecule has 0 aliphatic carbocycles. The third kappa shape index (κ3) is 4.27. The van der Waals surface area contributed by atoms with E-state index in [2.05, 4.69) is 10.3 Å². The van der Waals surface area contributed by atoms with Crippen LogP contribution in [0, 0.1) is 0 Å². The second kappa shape index (κ2) is 7.53. The molecule has 3 rings (SSSR count). The molecule has 0 atom stereocenters. The summed E-state index contributed by atoms with van der Waals surface area (Å²) in [7, 11) is 0. The van der Waals surface area contributed by atoms with E-state index in [9.17, 15) is 4.79 Å². The van der Waals surface area contributed by atoms with Crippen molar-refractivity contribution in [1.29, 1.82) is 0 Å². The lowest BCUT2D eigenvalue weighted by Crippen LogP contribution is -2.27. The highest BCUT2D eigenvalue weighted by Crippen LogP contribution is 2.17. The molecular formula is C17H16ClN3OS. The number of carbonyl (C=O) groups excluding carboxylic acids is 1. The van der Waals surface area contributed by atoms with Crippen LogP contribution in [0.25, 0.3) is 5.52 Å². The molecule has 0 saturated heterocycles. The van der Waals surface area contributed by atoms with E-state index < -0.39 is 0 Å². The van der Waals surface area contributed by atoms with E-state index in [0.29, 0.717) is 12.3 Å². The number of aromatic nitrogens is 2. The van der Waals surface area contributed by atoms with Crippen LogP contribution in [0.2, 0.25) is 5.02 Å². The molecular weight excluding hydrogens is 330 g/mol. The lowest BCUT2D eigenvalue weighted by Gasteiger charge is -2.05. The number of pyridine rings is 1. The predicted octanol–water partition coefficient (Wildman–Crippen LogP) is 3.44. The third-order valence-corrected chi connectivity index (χ3v) is 4.61. The number of nitrogens with zero attached hydrogens (tertiary/aromatic N) is 2. The molecule has 1 amide bonds. The van der Waals surface area contributed by atoms with Gasteiger partial charge in [-0.1, -0.05) is 41.6 Å². The Balaban J connectivity index is 1.45. The molecule has 23 heavy (non-hydrogen) atoms. The van der Waals surface area contributed by atoms with Gasteiger partial charge >= 0.3 is 0 Å². The van der Waals surface area contributed by atoms with Crippen LogP contribution >= 0.6 is 23.4 Å². The minimum absolute atomic E-state index is 0.0108. The van der Waals surface area contributed by atoms with Crippen molar-refractivity contribution < 1.29 is 4.79 Å². The fraction of sp³-hybridized carbons (Fsp3) is 0.176. The zero-order valence-corrected chi connectivity index (χ0v) is 14.0. The number of thioether (sulfide) groups is 1. The van der Waals surface area contributed by atoms with Gasteiger partial charge in [-0.3, -0.25) is 9.20 Å². The van der Waals surface area contributed by atoms with Gasteiger partial charge in [-0.15, -0.1) is 0 Å². The second-order valence-electron chi connectivity index (χ2n) is 5.05. The topological polar surface area (TPSA) is 46.4 Å². The van der Waals surface area contributed by atoms with Crippen LogP contribution in [-0.4, -0.2) is 27.6 Å². The predicted molar refractivity (Wildman–Crippen MR) is 94.1 cm³/mol. The number of halogens is 1. The zero-order valence-electron chi connectivity index (χ0n) is 12.4. The van der Waals surface area contributed by atoms with Gasteiger partial charge in [-0.2, -0.15) is 0 Å². The molecule has 0 fully saturated rings. The Kier molecular flexibility index (Phi) is 5.20. The monoisotopic (exact) mass is 345 g/mol. The van der Waals surface area contributed by atoms with Gasteiger partial charge in [0.2, 0.25) is 5.91 Å². The van der Waals surface area contributed by atoms with Crippen molar-refractivity contribution in [2.45, 2.75) is 11.6 Å². The van der Waals surface area contributed by atoms with Crippen LogP contribution in [0.5, 0.6) is 0 Å². The van der Waals surface area contributed by atoms with E-state index in [0.717, 1.165) is 27.7 Å². The minimum atomic E-state index is 0.0108. The Morgan fingerprint density at radius 3 is 2.87 bits per heavy atom. The first-order valence-electron chi connectivity index (χ1n) is 7.28. The van der Waals surface area contributed by atoms with Crippen LogP contribution in [-0.2, 0) is 11.2 Å². The Morgan fingerprint density at radius 1 is 1.22 bits per heavy atom. The zero-order chi connectivity index (χ0) is 16.1. The maximum atomic E-state index is 11.9. The van der Waals surface area contributed by atoms with Crippen molar-refractivity contribution in [1.82, 2.24) is 14.7 Å². The van der Waals surface area contributed by atoms with E-state index in [1.807, 2.05) is 53.1 Å². The Labute approximate surface area is 143 Å². The fourth-order valence-electron chi connectivity index (χ4n) is 2.20. The van der Waals surface area contributed by atoms with Gasteiger partial charge in [0, 0.05) is 17.8 Å². The van der Waals surface area contributed by atoms with E-state index in [1.54, 1.807) is 6.20 Å². The van der Waals surface area contributed by atoms with E-state index in [1.165, 1.54) is 11.8 Å². The van der Waals surface area contributed by atoms with Gasteiger partial charge in [0.05, 0.1) is 17.5 Å². The first kappa shape index (κ1) is 15.9. The number of rotatable bonds is 6. The molecule has 1 N–H and O–H groups in total. The molecule has 3 aromatic rings. The Hall–Kier alpha value is -1.98. The van der Waals surface area contributed by atoms with Crippen molar-refractivity contribution in [3.63, 3.8) is 0 Å². The summed E-state index contributed by atoms with van der Waals surface area (Å²) in [4.78, 5) is 16.3. The highest BCUT2D eigenvalue weighted by molar-refractivity contribution is 7.99. The largest absolute Gasteiger partial charge is 0.355 e. The quantitative estimate of drug-likeness (QED) is 0.696. The standard InChI is InChI=1S/C17H16ClN3OS/c18-14-6-4-13(5-7-14)8-9-19-16(22)12-23-17-20-11-15-3-1-2-10-21(15)17/h1-7,10-11H,8-9,12H2,(H,19,22). The van der Waals surface area contributed by atoms with Crippen molar-refractivity contribution in [2.24, 2.45) is 0 Å².